The number of Topliss-reactive ketones (excluding diaryl/α,β-unsaturated/α-hetero) is 1. The molecule has 0 saturated carbocycles. The maximum atomic E-state index is 12.1. The van der Waals surface area contributed by atoms with E-state index in [0.717, 1.165) is 38.0 Å². The highest BCUT2D eigenvalue weighted by atomic mass is 16.7. The van der Waals surface area contributed by atoms with Crippen LogP contribution in [0.15, 0.2) is 18.2 Å². The zero-order valence-corrected chi connectivity index (χ0v) is 13.8. The van der Waals surface area contributed by atoms with Crippen LogP contribution in [0, 0.1) is 5.92 Å². The van der Waals surface area contributed by atoms with Crippen LogP contribution >= 0.6 is 0 Å². The van der Waals surface area contributed by atoms with Crippen molar-refractivity contribution < 1.29 is 19.0 Å². The van der Waals surface area contributed by atoms with E-state index in [2.05, 4.69) is 6.92 Å². The Morgan fingerprint density at radius 2 is 1.95 bits per heavy atom. The van der Waals surface area contributed by atoms with Crippen molar-refractivity contribution in [3.05, 3.63) is 29.3 Å². The summed E-state index contributed by atoms with van der Waals surface area (Å²) in [6, 6.07) is 5.57. The highest BCUT2D eigenvalue weighted by Crippen LogP contribution is 2.31. The van der Waals surface area contributed by atoms with Gasteiger partial charge in [0.1, 0.15) is 5.75 Å². The summed E-state index contributed by atoms with van der Waals surface area (Å²) < 4.78 is 17.0. The first-order valence-corrected chi connectivity index (χ1v) is 8.13. The first-order chi connectivity index (χ1) is 10.7. The van der Waals surface area contributed by atoms with Crippen molar-refractivity contribution in [3.63, 3.8) is 0 Å². The molecule has 0 amide bonds. The Labute approximate surface area is 132 Å². The van der Waals surface area contributed by atoms with E-state index >= 15 is 0 Å². The molecule has 1 aliphatic rings. The molecular formula is C18H26O4. The molecule has 1 aromatic carbocycles. The van der Waals surface area contributed by atoms with Gasteiger partial charge in [-0.2, -0.15) is 0 Å². The first kappa shape index (κ1) is 17.0. The van der Waals surface area contributed by atoms with E-state index < -0.39 is 0 Å². The third kappa shape index (κ3) is 4.08. The van der Waals surface area contributed by atoms with Crippen LogP contribution in [0.25, 0.3) is 0 Å². The fourth-order valence-electron chi connectivity index (χ4n) is 2.76. The molecule has 4 nitrogen and oxygen atoms in total. The minimum absolute atomic E-state index is 0.111. The molecule has 22 heavy (non-hydrogen) atoms. The third-order valence-electron chi connectivity index (χ3n) is 3.94. The Bertz CT molecular complexity index is 490. The molecule has 1 saturated heterocycles. The molecule has 0 atom stereocenters. The molecule has 0 radical (unpaired) electrons. The molecule has 0 unspecified atom stereocenters. The van der Waals surface area contributed by atoms with Gasteiger partial charge in [-0.1, -0.05) is 26.3 Å². The van der Waals surface area contributed by atoms with Crippen molar-refractivity contribution in [3.8, 4) is 5.75 Å². The third-order valence-corrected chi connectivity index (χ3v) is 3.94. The van der Waals surface area contributed by atoms with E-state index in [4.69, 9.17) is 14.2 Å². The van der Waals surface area contributed by atoms with E-state index in [1.54, 1.807) is 7.11 Å². The molecule has 122 valence electrons. The molecule has 1 aliphatic heterocycles. The molecule has 4 heteroatoms. The summed E-state index contributed by atoms with van der Waals surface area (Å²) in [5.41, 5.74) is 1.53. The second-order valence-corrected chi connectivity index (χ2v) is 5.79. The largest absolute Gasteiger partial charge is 0.496 e. The van der Waals surface area contributed by atoms with E-state index in [9.17, 15) is 4.79 Å². The second-order valence-electron chi connectivity index (χ2n) is 5.79. The lowest BCUT2D eigenvalue weighted by Gasteiger charge is -2.29. The molecule has 2 rings (SSSR count). The van der Waals surface area contributed by atoms with Crippen molar-refractivity contribution in [1.82, 2.24) is 0 Å². The topological polar surface area (TPSA) is 44.8 Å². The lowest BCUT2D eigenvalue weighted by Crippen LogP contribution is -2.27. The fraction of sp³-hybridized carbons (Fsp3) is 0.611. The van der Waals surface area contributed by atoms with E-state index in [1.807, 2.05) is 25.1 Å². The van der Waals surface area contributed by atoms with Gasteiger partial charge in [0.25, 0.3) is 0 Å². The molecule has 1 aromatic rings. The number of ether oxygens (including phenoxy) is 3. The van der Waals surface area contributed by atoms with Crippen LogP contribution in [0.4, 0.5) is 0 Å². The molecule has 0 bridgehead atoms. The number of carbonyl (C=O) groups excluding carboxylic acids is 1. The summed E-state index contributed by atoms with van der Waals surface area (Å²) in [7, 11) is 1.59. The van der Waals surface area contributed by atoms with Crippen molar-refractivity contribution in [2.75, 3.05) is 20.3 Å². The van der Waals surface area contributed by atoms with Gasteiger partial charge in [-0.15, -0.1) is 0 Å². The number of hydrogen-bond acceptors (Lipinski definition) is 4. The monoisotopic (exact) mass is 306 g/mol. The summed E-state index contributed by atoms with van der Waals surface area (Å²) in [5, 5.41) is 0. The van der Waals surface area contributed by atoms with Gasteiger partial charge in [0.2, 0.25) is 0 Å². The predicted octanol–water partition coefficient (Wildman–Crippen LogP) is 4.14. The summed E-state index contributed by atoms with van der Waals surface area (Å²) in [5.74, 6) is 1.19. The van der Waals surface area contributed by atoms with Crippen molar-refractivity contribution in [2.45, 2.75) is 45.8 Å². The van der Waals surface area contributed by atoms with Crippen molar-refractivity contribution >= 4 is 5.78 Å². The smallest absolute Gasteiger partial charge is 0.183 e. The lowest BCUT2D eigenvalue weighted by atomic mass is 10.0. The van der Waals surface area contributed by atoms with Gasteiger partial charge < -0.3 is 14.2 Å². The van der Waals surface area contributed by atoms with Crippen molar-refractivity contribution in [2.24, 2.45) is 5.92 Å². The Morgan fingerprint density at radius 1 is 1.23 bits per heavy atom. The molecule has 0 aromatic heterocycles. The van der Waals surface area contributed by atoms with Gasteiger partial charge in [0.05, 0.1) is 25.9 Å². The highest BCUT2D eigenvalue weighted by molar-refractivity contribution is 5.98. The van der Waals surface area contributed by atoms with Crippen LogP contribution in [0.5, 0.6) is 5.75 Å². The minimum atomic E-state index is -0.364. The molecule has 1 heterocycles. The molecule has 1 fully saturated rings. The van der Waals surface area contributed by atoms with Crippen LogP contribution in [0.1, 0.15) is 61.7 Å². The maximum Gasteiger partial charge on any atom is 0.183 e. The molecule has 0 N–H and O–H groups in total. The van der Waals surface area contributed by atoms with Crippen LogP contribution in [0.3, 0.4) is 0 Å². The van der Waals surface area contributed by atoms with Gasteiger partial charge in [0.15, 0.2) is 12.1 Å². The van der Waals surface area contributed by atoms with Gasteiger partial charge in [-0.05, 0) is 25.0 Å². The average Bonchev–Trinajstić information content (AvgIpc) is 2.55. The van der Waals surface area contributed by atoms with E-state index in [1.165, 1.54) is 0 Å². The molecular weight excluding hydrogens is 280 g/mol. The predicted molar refractivity (Wildman–Crippen MR) is 85.3 cm³/mol. The number of rotatable bonds is 7. The fourth-order valence-corrected chi connectivity index (χ4v) is 2.76. The number of ketones is 1. The van der Waals surface area contributed by atoms with Gasteiger partial charge in [-0.3, -0.25) is 4.79 Å². The standard InChI is InChI=1S/C18H26O4/c1-4-6-13-11-21-18(22-12-13)14-8-9-15(16(19)7-5-2)17(10-14)20-3/h8-10,13,18H,4-7,11-12H2,1-3H3. The van der Waals surface area contributed by atoms with Gasteiger partial charge in [-0.25, -0.2) is 0 Å². The first-order valence-electron chi connectivity index (χ1n) is 8.13. The number of hydrogen-bond donors (Lipinski definition) is 0. The maximum absolute atomic E-state index is 12.1. The molecule has 0 spiro atoms. The Morgan fingerprint density at radius 3 is 2.55 bits per heavy atom. The normalized spacial score (nSPS) is 21.6. The van der Waals surface area contributed by atoms with Crippen molar-refractivity contribution in [1.29, 1.82) is 0 Å². The van der Waals surface area contributed by atoms with Crippen LogP contribution in [-0.2, 0) is 9.47 Å². The van der Waals surface area contributed by atoms with Crippen LogP contribution < -0.4 is 4.74 Å². The van der Waals surface area contributed by atoms with E-state index in [-0.39, 0.29) is 12.1 Å². The van der Waals surface area contributed by atoms with E-state index in [0.29, 0.717) is 23.7 Å². The Kier molecular flexibility index (Phi) is 6.40. The number of methoxy groups -OCH3 is 1. The highest BCUT2D eigenvalue weighted by Gasteiger charge is 2.24. The Balaban J connectivity index is 2.08. The SMILES string of the molecule is CCCC(=O)c1ccc(C2OCC(CCC)CO2)cc1OC. The zero-order valence-electron chi connectivity index (χ0n) is 13.8. The Hall–Kier alpha value is -1.39. The van der Waals surface area contributed by atoms with Gasteiger partial charge in [0, 0.05) is 17.9 Å². The summed E-state index contributed by atoms with van der Waals surface area (Å²) >= 11 is 0. The summed E-state index contributed by atoms with van der Waals surface area (Å²) in [6.07, 6.45) is 3.27. The van der Waals surface area contributed by atoms with Gasteiger partial charge >= 0.3 is 0 Å². The second kappa shape index (κ2) is 8.30. The lowest BCUT2D eigenvalue weighted by molar-refractivity contribution is -0.206. The summed E-state index contributed by atoms with van der Waals surface area (Å²) in [4.78, 5) is 12.1. The quantitative estimate of drug-likeness (QED) is 0.710. The average molecular weight is 306 g/mol. The van der Waals surface area contributed by atoms with Crippen LogP contribution in [-0.4, -0.2) is 26.1 Å². The number of benzene rings is 1. The summed E-state index contributed by atoms with van der Waals surface area (Å²) in [6.45, 7) is 5.60. The molecule has 0 aliphatic carbocycles. The van der Waals surface area contributed by atoms with Crippen LogP contribution in [0.2, 0.25) is 0 Å². The zero-order chi connectivity index (χ0) is 15.9. The minimum Gasteiger partial charge on any atom is -0.496 e. The number of carbonyl (C=O) groups is 1.